The quantitative estimate of drug-likeness (QED) is 0.867. The van der Waals surface area contributed by atoms with Crippen LogP contribution in [0, 0.1) is 6.92 Å². The van der Waals surface area contributed by atoms with Crippen LogP contribution in [0.2, 0.25) is 0 Å². The second-order valence-electron chi connectivity index (χ2n) is 3.98. The van der Waals surface area contributed by atoms with E-state index in [0.717, 1.165) is 11.5 Å². The number of hydrogen-bond acceptors (Lipinski definition) is 6. The van der Waals surface area contributed by atoms with Crippen LogP contribution < -0.4 is 5.32 Å². The van der Waals surface area contributed by atoms with E-state index in [1.165, 1.54) is 0 Å². The van der Waals surface area contributed by atoms with Crippen LogP contribution in [0.15, 0.2) is 0 Å². The van der Waals surface area contributed by atoms with Crippen molar-refractivity contribution in [3.8, 4) is 0 Å². The van der Waals surface area contributed by atoms with Crippen LogP contribution >= 0.6 is 11.5 Å². The number of pyridine rings is 1. The third-order valence-electron chi connectivity index (χ3n) is 2.24. The van der Waals surface area contributed by atoms with Gasteiger partial charge in [-0.1, -0.05) is 4.49 Å². The van der Waals surface area contributed by atoms with Crippen LogP contribution in [-0.4, -0.2) is 31.7 Å². The first-order chi connectivity index (χ1) is 8.00. The fourth-order valence-electron chi connectivity index (χ4n) is 1.61. The maximum absolute atomic E-state index is 11.3. The molecule has 17 heavy (non-hydrogen) atoms. The summed E-state index contributed by atoms with van der Waals surface area (Å²) in [4.78, 5) is 16.1. The van der Waals surface area contributed by atoms with Crippen molar-refractivity contribution in [3.63, 3.8) is 0 Å². The Hall–Kier alpha value is -1.76. The van der Waals surface area contributed by atoms with Gasteiger partial charge in [0.05, 0.1) is 11.4 Å². The monoisotopic (exact) mass is 252 g/mol. The molecule has 0 bridgehead atoms. The van der Waals surface area contributed by atoms with Crippen molar-refractivity contribution in [1.82, 2.24) is 14.6 Å². The maximum Gasteiger partial charge on any atom is 0.339 e. The Balaban J connectivity index is 2.75. The molecule has 7 heteroatoms. The van der Waals surface area contributed by atoms with Crippen molar-refractivity contribution in [3.05, 3.63) is 11.3 Å². The van der Waals surface area contributed by atoms with Crippen molar-refractivity contribution in [2.75, 3.05) is 5.32 Å². The smallest absolute Gasteiger partial charge is 0.339 e. The summed E-state index contributed by atoms with van der Waals surface area (Å²) in [6.07, 6.45) is 0. The fraction of sp³-hybridized carbons (Fsp3) is 0.400. The topological polar surface area (TPSA) is 88.0 Å². The fourth-order valence-corrected chi connectivity index (χ4v) is 2.22. The van der Waals surface area contributed by atoms with Crippen LogP contribution in [-0.2, 0) is 0 Å². The lowest BCUT2D eigenvalue weighted by Gasteiger charge is -2.14. The lowest BCUT2D eigenvalue weighted by atomic mass is 10.1. The van der Waals surface area contributed by atoms with Crippen LogP contribution in [0.1, 0.15) is 29.9 Å². The number of aromatic nitrogens is 3. The number of nitrogens with zero attached hydrogens (tertiary/aromatic N) is 3. The SMILES string of the molecule is Cc1nc2snnc2c(NC(C)C)c1C(=O)O. The molecule has 0 atom stereocenters. The molecule has 2 heterocycles. The zero-order valence-corrected chi connectivity index (χ0v) is 10.5. The van der Waals surface area contributed by atoms with Gasteiger partial charge in [-0.25, -0.2) is 9.78 Å². The van der Waals surface area contributed by atoms with Crippen LogP contribution in [0.25, 0.3) is 10.3 Å². The molecule has 90 valence electrons. The highest BCUT2D eigenvalue weighted by atomic mass is 32.1. The summed E-state index contributed by atoms with van der Waals surface area (Å²) in [5.74, 6) is -1.01. The number of nitrogens with one attached hydrogen (secondary N) is 1. The summed E-state index contributed by atoms with van der Waals surface area (Å²) in [5, 5.41) is 16.3. The molecule has 0 radical (unpaired) electrons. The molecule has 0 fully saturated rings. The average Bonchev–Trinajstić information content (AvgIpc) is 2.63. The van der Waals surface area contributed by atoms with E-state index >= 15 is 0 Å². The molecule has 0 saturated carbocycles. The summed E-state index contributed by atoms with van der Waals surface area (Å²) < 4.78 is 3.81. The lowest BCUT2D eigenvalue weighted by molar-refractivity contribution is 0.0697. The molecule has 0 aliphatic carbocycles. The summed E-state index contributed by atoms with van der Waals surface area (Å²) in [7, 11) is 0. The second kappa shape index (κ2) is 4.25. The van der Waals surface area contributed by atoms with Crippen molar-refractivity contribution < 1.29 is 9.90 Å². The number of aromatic carboxylic acids is 1. The highest BCUT2D eigenvalue weighted by molar-refractivity contribution is 7.12. The lowest BCUT2D eigenvalue weighted by Crippen LogP contribution is -2.15. The number of hydrogen-bond donors (Lipinski definition) is 2. The number of aryl methyl sites for hydroxylation is 1. The van der Waals surface area contributed by atoms with Crippen molar-refractivity contribution >= 4 is 33.5 Å². The minimum atomic E-state index is -1.01. The van der Waals surface area contributed by atoms with Gasteiger partial charge in [0.25, 0.3) is 0 Å². The summed E-state index contributed by atoms with van der Waals surface area (Å²) in [5.41, 5.74) is 1.66. The number of carboxylic acids is 1. The van der Waals surface area contributed by atoms with Crippen LogP contribution in [0.3, 0.4) is 0 Å². The minimum absolute atomic E-state index is 0.111. The standard InChI is InChI=1S/C10H12N4O2S/c1-4(2)11-7-6(10(15)16)5(3)12-9-8(7)13-14-17-9/h4H,1-3H3,(H,11,12)(H,15,16). The first kappa shape index (κ1) is 11.7. The van der Waals surface area contributed by atoms with E-state index in [4.69, 9.17) is 0 Å². The molecule has 0 saturated heterocycles. The molecule has 6 nitrogen and oxygen atoms in total. The molecule has 2 aromatic rings. The molecule has 0 aromatic carbocycles. The first-order valence-electron chi connectivity index (χ1n) is 5.13. The molecule has 0 aliphatic heterocycles. The molecule has 0 unspecified atom stereocenters. The van der Waals surface area contributed by atoms with E-state index < -0.39 is 5.97 Å². The van der Waals surface area contributed by atoms with Crippen LogP contribution in [0.4, 0.5) is 5.69 Å². The van der Waals surface area contributed by atoms with E-state index in [0.29, 0.717) is 21.7 Å². The maximum atomic E-state index is 11.3. The van der Waals surface area contributed by atoms with Gasteiger partial charge >= 0.3 is 5.97 Å². The Morgan fingerprint density at radius 1 is 1.47 bits per heavy atom. The van der Waals surface area contributed by atoms with E-state index in [-0.39, 0.29) is 11.6 Å². The zero-order valence-electron chi connectivity index (χ0n) is 9.68. The highest BCUT2D eigenvalue weighted by Crippen LogP contribution is 2.29. The summed E-state index contributed by atoms with van der Waals surface area (Å²) >= 11 is 1.16. The average molecular weight is 252 g/mol. The number of rotatable bonds is 3. The van der Waals surface area contributed by atoms with E-state index in [2.05, 4.69) is 19.9 Å². The molecular weight excluding hydrogens is 240 g/mol. The third-order valence-corrected chi connectivity index (χ3v) is 2.86. The van der Waals surface area contributed by atoms with Gasteiger partial charge in [0.1, 0.15) is 11.1 Å². The van der Waals surface area contributed by atoms with Crippen molar-refractivity contribution in [2.24, 2.45) is 0 Å². The molecule has 0 aliphatic rings. The van der Waals surface area contributed by atoms with E-state index in [1.807, 2.05) is 13.8 Å². The minimum Gasteiger partial charge on any atom is -0.478 e. The Labute approximate surface area is 102 Å². The van der Waals surface area contributed by atoms with Crippen molar-refractivity contribution in [1.29, 1.82) is 0 Å². The number of carbonyl (C=O) groups is 1. The second-order valence-corrected chi connectivity index (χ2v) is 4.71. The third kappa shape index (κ3) is 2.05. The van der Waals surface area contributed by atoms with Gasteiger partial charge in [-0.05, 0) is 20.8 Å². The normalized spacial score (nSPS) is 11.1. The number of fused-ring (bicyclic) bond motifs is 1. The summed E-state index contributed by atoms with van der Waals surface area (Å²) in [6, 6.07) is 0.111. The molecular formula is C10H12N4O2S. The van der Waals surface area contributed by atoms with Crippen molar-refractivity contribution in [2.45, 2.75) is 26.8 Å². The molecule has 2 aromatic heterocycles. The Morgan fingerprint density at radius 2 is 2.18 bits per heavy atom. The largest absolute Gasteiger partial charge is 0.478 e. The highest BCUT2D eigenvalue weighted by Gasteiger charge is 2.21. The molecule has 2 rings (SSSR count). The van der Waals surface area contributed by atoms with Gasteiger partial charge in [-0.15, -0.1) is 5.10 Å². The molecule has 2 N–H and O–H groups in total. The number of carboxylic acid groups (broad SMARTS) is 1. The van der Waals surface area contributed by atoms with Gasteiger partial charge in [0.2, 0.25) is 0 Å². The Kier molecular flexibility index (Phi) is 2.93. The van der Waals surface area contributed by atoms with E-state index in [9.17, 15) is 9.90 Å². The van der Waals surface area contributed by atoms with E-state index in [1.54, 1.807) is 6.92 Å². The number of anilines is 1. The van der Waals surface area contributed by atoms with Crippen LogP contribution in [0.5, 0.6) is 0 Å². The molecule has 0 amide bonds. The predicted molar refractivity (Wildman–Crippen MR) is 65.7 cm³/mol. The van der Waals surface area contributed by atoms with Gasteiger partial charge < -0.3 is 10.4 Å². The van der Waals surface area contributed by atoms with Gasteiger partial charge in [-0.3, -0.25) is 0 Å². The first-order valence-corrected chi connectivity index (χ1v) is 5.90. The van der Waals surface area contributed by atoms with Gasteiger partial charge in [-0.2, -0.15) is 0 Å². The van der Waals surface area contributed by atoms with Gasteiger partial charge in [0, 0.05) is 17.6 Å². The Bertz CT molecular complexity index is 579. The summed E-state index contributed by atoms with van der Waals surface area (Å²) in [6.45, 7) is 5.55. The zero-order chi connectivity index (χ0) is 12.6. The van der Waals surface area contributed by atoms with Gasteiger partial charge in [0.15, 0.2) is 4.83 Å². The molecule has 0 spiro atoms. The predicted octanol–water partition coefficient (Wildman–Crippen LogP) is 1.91. The Morgan fingerprint density at radius 3 is 2.76 bits per heavy atom.